The largest absolute Gasteiger partial charge is 0.481 e. The van der Waals surface area contributed by atoms with E-state index in [0.29, 0.717) is 0 Å². The lowest BCUT2D eigenvalue weighted by molar-refractivity contribution is -0.138. The first-order chi connectivity index (χ1) is 8.69. The summed E-state index contributed by atoms with van der Waals surface area (Å²) in [4.78, 5) is 12.9. The highest BCUT2D eigenvalue weighted by Gasteiger charge is 2.22. The van der Waals surface area contributed by atoms with E-state index in [1.807, 2.05) is 19.1 Å². The van der Waals surface area contributed by atoms with Gasteiger partial charge in [-0.2, -0.15) is 5.10 Å². The summed E-state index contributed by atoms with van der Waals surface area (Å²) < 4.78 is 0. The summed E-state index contributed by atoms with van der Waals surface area (Å²) in [6.07, 6.45) is 3.14. The van der Waals surface area contributed by atoms with Crippen molar-refractivity contribution in [2.75, 3.05) is 18.0 Å². The fraction of sp³-hybridized carbons (Fsp3) is 0.615. The Hall–Kier alpha value is -1.65. The van der Waals surface area contributed by atoms with Gasteiger partial charge in [0.15, 0.2) is 5.82 Å². The van der Waals surface area contributed by atoms with Crippen LogP contribution in [0.3, 0.4) is 0 Å². The zero-order valence-electron chi connectivity index (χ0n) is 10.7. The third-order valence-electron chi connectivity index (χ3n) is 3.37. The molecular formula is C13H19N3O2. The predicted molar refractivity (Wildman–Crippen MR) is 68.6 cm³/mol. The molecule has 1 aliphatic rings. The Morgan fingerprint density at radius 1 is 1.50 bits per heavy atom. The van der Waals surface area contributed by atoms with E-state index < -0.39 is 5.97 Å². The Labute approximate surface area is 107 Å². The standard InChI is InChI=1S/C13H19N3O2/c1-2-11-5-6-12(15-14-11)16-7-3-4-10(9-16)8-13(17)18/h5-6,10H,2-4,7-9H2,1H3,(H,17,18). The van der Waals surface area contributed by atoms with E-state index >= 15 is 0 Å². The number of rotatable bonds is 4. The Morgan fingerprint density at radius 3 is 2.94 bits per heavy atom. The summed E-state index contributed by atoms with van der Waals surface area (Å²) in [5.41, 5.74) is 0.984. The highest BCUT2D eigenvalue weighted by molar-refractivity contribution is 5.67. The second kappa shape index (κ2) is 5.80. The Kier molecular flexibility index (Phi) is 4.12. The van der Waals surface area contributed by atoms with Gasteiger partial charge >= 0.3 is 5.97 Å². The number of carboxylic acids is 1. The van der Waals surface area contributed by atoms with Crippen LogP contribution in [-0.4, -0.2) is 34.4 Å². The molecule has 1 aromatic heterocycles. The number of anilines is 1. The van der Waals surface area contributed by atoms with Gasteiger partial charge < -0.3 is 10.0 Å². The molecule has 5 nitrogen and oxygen atoms in total. The topological polar surface area (TPSA) is 66.3 Å². The van der Waals surface area contributed by atoms with Gasteiger partial charge in [0.05, 0.1) is 5.69 Å². The number of aliphatic carboxylic acids is 1. The van der Waals surface area contributed by atoms with Crippen molar-refractivity contribution >= 4 is 11.8 Å². The zero-order chi connectivity index (χ0) is 13.0. The van der Waals surface area contributed by atoms with Crippen LogP contribution in [0.1, 0.15) is 31.9 Å². The van der Waals surface area contributed by atoms with E-state index in [1.165, 1.54) is 0 Å². The van der Waals surface area contributed by atoms with Crippen molar-refractivity contribution in [3.8, 4) is 0 Å². The van der Waals surface area contributed by atoms with Gasteiger partial charge in [0.1, 0.15) is 0 Å². The third-order valence-corrected chi connectivity index (χ3v) is 3.37. The molecule has 1 atom stereocenters. The van der Waals surface area contributed by atoms with Gasteiger partial charge in [-0.25, -0.2) is 0 Å². The lowest BCUT2D eigenvalue weighted by Gasteiger charge is -2.32. The maximum absolute atomic E-state index is 10.7. The molecule has 1 N–H and O–H groups in total. The van der Waals surface area contributed by atoms with E-state index in [4.69, 9.17) is 5.11 Å². The molecule has 0 amide bonds. The third kappa shape index (κ3) is 3.18. The van der Waals surface area contributed by atoms with E-state index in [0.717, 1.165) is 43.9 Å². The van der Waals surface area contributed by atoms with Gasteiger partial charge in [0, 0.05) is 19.5 Å². The molecular weight excluding hydrogens is 230 g/mol. The van der Waals surface area contributed by atoms with Gasteiger partial charge in [-0.05, 0) is 37.3 Å². The quantitative estimate of drug-likeness (QED) is 0.880. The lowest BCUT2D eigenvalue weighted by Crippen LogP contribution is -2.36. The van der Waals surface area contributed by atoms with Gasteiger partial charge in [-0.3, -0.25) is 4.79 Å². The van der Waals surface area contributed by atoms with E-state index in [-0.39, 0.29) is 12.3 Å². The molecule has 1 fully saturated rings. The van der Waals surface area contributed by atoms with Crippen molar-refractivity contribution in [1.82, 2.24) is 10.2 Å². The van der Waals surface area contributed by atoms with E-state index in [9.17, 15) is 4.79 Å². The minimum Gasteiger partial charge on any atom is -0.481 e. The molecule has 1 unspecified atom stereocenters. The Balaban J connectivity index is 2.01. The number of aromatic nitrogens is 2. The number of piperidine rings is 1. The molecule has 0 aliphatic carbocycles. The Bertz CT molecular complexity index is 405. The van der Waals surface area contributed by atoms with Crippen LogP contribution < -0.4 is 4.90 Å². The van der Waals surface area contributed by atoms with Crippen molar-refractivity contribution in [2.45, 2.75) is 32.6 Å². The van der Waals surface area contributed by atoms with Crippen LogP contribution in [0.15, 0.2) is 12.1 Å². The van der Waals surface area contributed by atoms with Crippen LogP contribution in [0.4, 0.5) is 5.82 Å². The molecule has 1 saturated heterocycles. The predicted octanol–water partition coefficient (Wildman–Crippen LogP) is 1.73. The molecule has 98 valence electrons. The molecule has 2 rings (SSSR count). The van der Waals surface area contributed by atoms with Crippen molar-refractivity contribution in [1.29, 1.82) is 0 Å². The molecule has 1 aliphatic heterocycles. The number of hydrogen-bond acceptors (Lipinski definition) is 4. The summed E-state index contributed by atoms with van der Waals surface area (Å²) in [6.45, 7) is 3.76. The maximum Gasteiger partial charge on any atom is 0.303 e. The van der Waals surface area contributed by atoms with Crippen LogP contribution in [0, 0.1) is 5.92 Å². The molecule has 0 bridgehead atoms. The number of carbonyl (C=O) groups is 1. The highest BCUT2D eigenvalue weighted by atomic mass is 16.4. The molecule has 0 spiro atoms. The fourth-order valence-electron chi connectivity index (χ4n) is 2.40. The first kappa shape index (κ1) is 12.8. The highest BCUT2D eigenvalue weighted by Crippen LogP contribution is 2.23. The summed E-state index contributed by atoms with van der Waals surface area (Å²) in [5, 5.41) is 17.2. The van der Waals surface area contributed by atoms with Gasteiger partial charge in [-0.1, -0.05) is 6.92 Å². The molecule has 1 aromatic rings. The normalized spacial score (nSPS) is 19.8. The maximum atomic E-state index is 10.7. The SMILES string of the molecule is CCc1ccc(N2CCCC(CC(=O)O)C2)nn1. The second-order valence-corrected chi connectivity index (χ2v) is 4.79. The number of aryl methyl sites for hydroxylation is 1. The summed E-state index contributed by atoms with van der Waals surface area (Å²) in [5.74, 6) is 0.375. The first-order valence-electron chi connectivity index (χ1n) is 6.48. The molecule has 0 saturated carbocycles. The van der Waals surface area contributed by atoms with Crippen molar-refractivity contribution in [3.05, 3.63) is 17.8 Å². The van der Waals surface area contributed by atoms with Crippen LogP contribution in [-0.2, 0) is 11.2 Å². The monoisotopic (exact) mass is 249 g/mol. The average molecular weight is 249 g/mol. The minimum absolute atomic E-state index is 0.226. The van der Waals surface area contributed by atoms with Crippen molar-refractivity contribution in [3.63, 3.8) is 0 Å². The van der Waals surface area contributed by atoms with Crippen LogP contribution in [0.5, 0.6) is 0 Å². The van der Waals surface area contributed by atoms with E-state index in [1.54, 1.807) is 0 Å². The first-order valence-corrected chi connectivity index (χ1v) is 6.48. The van der Waals surface area contributed by atoms with Crippen LogP contribution in [0.25, 0.3) is 0 Å². The molecule has 0 aromatic carbocycles. The molecule has 2 heterocycles. The summed E-state index contributed by atoms with van der Waals surface area (Å²) >= 11 is 0. The fourth-order valence-corrected chi connectivity index (χ4v) is 2.40. The van der Waals surface area contributed by atoms with Gasteiger partial charge in [0.2, 0.25) is 0 Å². The number of hydrogen-bond donors (Lipinski definition) is 1. The summed E-state index contributed by atoms with van der Waals surface area (Å²) in [6, 6.07) is 3.97. The molecule has 0 radical (unpaired) electrons. The van der Waals surface area contributed by atoms with Crippen LogP contribution in [0.2, 0.25) is 0 Å². The number of carboxylic acid groups (broad SMARTS) is 1. The van der Waals surface area contributed by atoms with Crippen molar-refractivity contribution < 1.29 is 9.90 Å². The lowest BCUT2D eigenvalue weighted by atomic mass is 9.95. The number of nitrogens with zero attached hydrogens (tertiary/aromatic N) is 3. The molecule has 18 heavy (non-hydrogen) atoms. The minimum atomic E-state index is -0.714. The van der Waals surface area contributed by atoms with Gasteiger partial charge in [0.25, 0.3) is 0 Å². The van der Waals surface area contributed by atoms with Crippen molar-refractivity contribution in [2.24, 2.45) is 5.92 Å². The smallest absolute Gasteiger partial charge is 0.303 e. The average Bonchev–Trinajstić information content (AvgIpc) is 2.38. The van der Waals surface area contributed by atoms with Gasteiger partial charge in [-0.15, -0.1) is 5.10 Å². The zero-order valence-corrected chi connectivity index (χ0v) is 10.7. The summed E-state index contributed by atoms with van der Waals surface area (Å²) in [7, 11) is 0. The second-order valence-electron chi connectivity index (χ2n) is 4.79. The van der Waals surface area contributed by atoms with E-state index in [2.05, 4.69) is 15.1 Å². The Morgan fingerprint density at radius 2 is 2.33 bits per heavy atom. The molecule has 5 heteroatoms. The van der Waals surface area contributed by atoms with Crippen LogP contribution >= 0.6 is 0 Å².